The lowest BCUT2D eigenvalue weighted by atomic mass is 9.91. The van der Waals surface area contributed by atoms with Crippen LogP contribution in [0.1, 0.15) is 71.0 Å². The third-order valence-electron chi connectivity index (χ3n) is 5.07. The number of rotatable bonds is 8. The quantitative estimate of drug-likeness (QED) is 0.329. The van der Waals surface area contributed by atoms with E-state index < -0.39 is 17.9 Å². The van der Waals surface area contributed by atoms with E-state index in [9.17, 15) is 14.4 Å². The number of carbonyl (C=O) groups is 2. The molecule has 1 fully saturated rings. The SMILES string of the molecule is CC(C)(C)N([C@@H](CCC(=O)Oc1ccc(C2SCCCS2)cc1)C(=O)N[C]=O)C(C)(C)C. The summed E-state index contributed by atoms with van der Waals surface area (Å²) in [4.78, 5) is 38.0. The van der Waals surface area contributed by atoms with E-state index in [4.69, 9.17) is 4.74 Å². The first kappa shape index (κ1) is 26.7. The van der Waals surface area contributed by atoms with E-state index in [0.717, 1.165) is 0 Å². The van der Waals surface area contributed by atoms with E-state index >= 15 is 0 Å². The fourth-order valence-corrected chi connectivity index (χ4v) is 7.16. The summed E-state index contributed by atoms with van der Waals surface area (Å²) in [6.07, 6.45) is 2.99. The van der Waals surface area contributed by atoms with Crippen LogP contribution < -0.4 is 10.1 Å². The second-order valence-electron chi connectivity index (χ2n) is 9.83. The molecule has 2 amide bonds. The summed E-state index contributed by atoms with van der Waals surface area (Å²) in [5.74, 6) is 1.96. The number of hydrogen-bond donors (Lipinski definition) is 1. The van der Waals surface area contributed by atoms with Gasteiger partial charge in [-0.05, 0) is 83.6 Å². The molecule has 1 radical (unpaired) electrons. The minimum absolute atomic E-state index is 0.0513. The van der Waals surface area contributed by atoms with Crippen LogP contribution >= 0.6 is 23.5 Å². The zero-order valence-electron chi connectivity index (χ0n) is 19.9. The Morgan fingerprint density at radius 2 is 1.66 bits per heavy atom. The van der Waals surface area contributed by atoms with Crippen molar-refractivity contribution < 1.29 is 19.1 Å². The summed E-state index contributed by atoms with van der Waals surface area (Å²) in [6, 6.07) is 6.99. The van der Waals surface area contributed by atoms with E-state index in [1.165, 1.54) is 29.9 Å². The fraction of sp³-hybridized carbons (Fsp3) is 0.625. The molecule has 1 N–H and O–H groups in total. The highest BCUT2D eigenvalue weighted by atomic mass is 32.2. The Kier molecular flexibility index (Phi) is 9.67. The molecule has 0 spiro atoms. The lowest BCUT2D eigenvalue weighted by molar-refractivity contribution is -0.137. The number of benzene rings is 1. The molecule has 6 nitrogen and oxygen atoms in total. The molecule has 1 aliphatic heterocycles. The molecular weight excluding hydrogens is 444 g/mol. The van der Waals surface area contributed by atoms with Crippen LogP contribution in [0.25, 0.3) is 0 Å². The van der Waals surface area contributed by atoms with Crippen LogP contribution in [-0.2, 0) is 14.4 Å². The highest BCUT2D eigenvalue weighted by Gasteiger charge is 2.40. The molecular formula is C24H35N2O4S2. The summed E-state index contributed by atoms with van der Waals surface area (Å²) in [5, 5.41) is 2.14. The van der Waals surface area contributed by atoms with Gasteiger partial charge in [0, 0.05) is 17.5 Å². The van der Waals surface area contributed by atoms with Gasteiger partial charge in [-0.25, -0.2) is 0 Å². The van der Waals surface area contributed by atoms with E-state index in [1.54, 1.807) is 0 Å². The molecule has 1 aromatic carbocycles. The largest absolute Gasteiger partial charge is 0.427 e. The summed E-state index contributed by atoms with van der Waals surface area (Å²) in [6.45, 7) is 12.0. The molecule has 32 heavy (non-hydrogen) atoms. The van der Waals surface area contributed by atoms with Gasteiger partial charge in [-0.15, -0.1) is 23.5 Å². The second kappa shape index (κ2) is 11.6. The summed E-state index contributed by atoms with van der Waals surface area (Å²) < 4.78 is 5.95. The normalized spacial score (nSPS) is 16.5. The maximum atomic E-state index is 12.7. The minimum Gasteiger partial charge on any atom is -0.427 e. The number of nitrogens with zero attached hydrogens (tertiary/aromatic N) is 1. The Hall–Kier alpha value is -1.51. The average molecular weight is 480 g/mol. The van der Waals surface area contributed by atoms with E-state index in [2.05, 4.69) is 5.32 Å². The Morgan fingerprint density at radius 3 is 2.16 bits per heavy atom. The van der Waals surface area contributed by atoms with Gasteiger partial charge in [-0.3, -0.25) is 24.6 Å². The summed E-state index contributed by atoms with van der Waals surface area (Å²) in [5.41, 5.74) is 0.503. The molecule has 0 unspecified atom stereocenters. The van der Waals surface area contributed by atoms with Gasteiger partial charge in [0.2, 0.25) is 5.91 Å². The fourth-order valence-electron chi connectivity index (χ4n) is 4.26. The van der Waals surface area contributed by atoms with E-state index in [0.29, 0.717) is 10.3 Å². The van der Waals surface area contributed by atoms with Crippen molar-refractivity contribution >= 4 is 41.8 Å². The highest BCUT2D eigenvalue weighted by molar-refractivity contribution is 8.16. The van der Waals surface area contributed by atoms with E-state index in [-0.39, 0.29) is 23.9 Å². The van der Waals surface area contributed by atoms with Crippen molar-refractivity contribution in [2.24, 2.45) is 0 Å². The molecule has 177 valence electrons. The lowest BCUT2D eigenvalue weighted by Gasteiger charge is -2.49. The van der Waals surface area contributed by atoms with Crippen molar-refractivity contribution in [2.45, 2.75) is 82.5 Å². The Balaban J connectivity index is 2.04. The number of nitrogens with one attached hydrogen (secondary N) is 1. The van der Waals surface area contributed by atoms with Crippen LogP contribution in [0.2, 0.25) is 0 Å². The number of carbonyl (C=O) groups excluding carboxylic acids is 3. The Labute approximate surface area is 200 Å². The molecule has 1 saturated heterocycles. The van der Waals surface area contributed by atoms with Crippen LogP contribution in [0.15, 0.2) is 24.3 Å². The molecule has 1 aliphatic rings. The molecule has 0 saturated carbocycles. The van der Waals surface area contributed by atoms with Gasteiger partial charge < -0.3 is 4.74 Å². The van der Waals surface area contributed by atoms with Gasteiger partial charge in [0.15, 0.2) is 0 Å². The third kappa shape index (κ3) is 7.81. The number of hydrogen-bond acceptors (Lipinski definition) is 7. The topological polar surface area (TPSA) is 75.7 Å². The number of amides is 2. The highest BCUT2D eigenvalue weighted by Crippen LogP contribution is 2.43. The average Bonchev–Trinajstić information content (AvgIpc) is 2.70. The minimum atomic E-state index is -0.674. The smallest absolute Gasteiger partial charge is 0.316 e. The first-order valence-corrected chi connectivity index (χ1v) is 13.0. The van der Waals surface area contributed by atoms with Gasteiger partial charge in [0.05, 0.1) is 10.6 Å². The van der Waals surface area contributed by atoms with Crippen molar-refractivity contribution in [3.8, 4) is 5.75 Å². The van der Waals surface area contributed by atoms with Crippen LogP contribution in [0.5, 0.6) is 5.75 Å². The molecule has 1 atom stereocenters. The second-order valence-corrected chi connectivity index (χ2v) is 12.6. The first-order chi connectivity index (χ1) is 14.9. The van der Waals surface area contributed by atoms with Crippen molar-refractivity contribution in [2.75, 3.05) is 11.5 Å². The summed E-state index contributed by atoms with van der Waals surface area (Å²) >= 11 is 3.89. The van der Waals surface area contributed by atoms with Gasteiger partial charge in [-0.1, -0.05) is 12.1 Å². The zero-order chi connectivity index (χ0) is 23.9. The van der Waals surface area contributed by atoms with Gasteiger partial charge >= 0.3 is 12.4 Å². The number of imide groups is 1. The predicted molar refractivity (Wildman–Crippen MR) is 133 cm³/mol. The molecule has 8 heteroatoms. The van der Waals surface area contributed by atoms with Crippen LogP contribution in [0.4, 0.5) is 0 Å². The first-order valence-electron chi connectivity index (χ1n) is 10.9. The van der Waals surface area contributed by atoms with Gasteiger partial charge in [0.25, 0.3) is 0 Å². The predicted octanol–water partition coefficient (Wildman–Crippen LogP) is 4.69. The molecule has 1 heterocycles. The van der Waals surface area contributed by atoms with E-state index in [1.807, 2.05) is 94.2 Å². The van der Waals surface area contributed by atoms with Gasteiger partial charge in [0.1, 0.15) is 5.75 Å². The van der Waals surface area contributed by atoms with Crippen molar-refractivity contribution in [3.05, 3.63) is 29.8 Å². The molecule has 0 bridgehead atoms. The lowest BCUT2D eigenvalue weighted by Crippen LogP contribution is -2.61. The maximum Gasteiger partial charge on any atom is 0.316 e. The molecule has 0 aromatic heterocycles. The van der Waals surface area contributed by atoms with Crippen molar-refractivity contribution in [1.29, 1.82) is 0 Å². The number of ether oxygens (including phenoxy) is 1. The van der Waals surface area contributed by atoms with Crippen molar-refractivity contribution in [3.63, 3.8) is 0 Å². The molecule has 2 rings (SSSR count). The molecule has 1 aromatic rings. The van der Waals surface area contributed by atoms with Crippen LogP contribution in [-0.4, -0.2) is 51.8 Å². The monoisotopic (exact) mass is 479 g/mol. The summed E-state index contributed by atoms with van der Waals surface area (Å²) in [7, 11) is 0. The Bertz CT molecular complexity index is 765. The number of thioether (sulfide) groups is 2. The van der Waals surface area contributed by atoms with Crippen LogP contribution in [0.3, 0.4) is 0 Å². The molecule has 0 aliphatic carbocycles. The standard InChI is InChI=1S/C24H35N2O4S2/c1-23(2,3)26(24(4,5)6)19(21(29)25-16-27)12-13-20(28)30-18-10-8-17(9-11-18)22-31-14-7-15-32-22/h8-11,19,22H,7,12-15H2,1-6H3,(H,25,27,29)/t19-/m0/s1. The van der Waals surface area contributed by atoms with Crippen LogP contribution in [0, 0.1) is 0 Å². The third-order valence-corrected chi connectivity index (χ3v) is 8.08. The van der Waals surface area contributed by atoms with Gasteiger partial charge in [-0.2, -0.15) is 0 Å². The zero-order valence-corrected chi connectivity index (χ0v) is 21.5. The number of esters is 1. The maximum absolute atomic E-state index is 12.7. The van der Waals surface area contributed by atoms with Crippen molar-refractivity contribution in [1.82, 2.24) is 10.2 Å². The Morgan fingerprint density at radius 1 is 1.09 bits per heavy atom.